The van der Waals surface area contributed by atoms with Gasteiger partial charge in [-0.15, -0.1) is 0 Å². The van der Waals surface area contributed by atoms with E-state index in [0.29, 0.717) is 11.1 Å². The lowest BCUT2D eigenvalue weighted by Gasteiger charge is -2.09. The van der Waals surface area contributed by atoms with Crippen molar-refractivity contribution in [2.45, 2.75) is 26.2 Å². The Balaban J connectivity index is 3.07. The molecular weight excluding hydrogens is 165 g/mol. The van der Waals surface area contributed by atoms with Crippen LogP contribution in [0.4, 0.5) is 4.39 Å². The third kappa shape index (κ3) is 2.06. The third-order valence-electron chi connectivity index (χ3n) is 2.27. The topological polar surface area (TPSA) is 23.8 Å². The van der Waals surface area contributed by atoms with Crippen molar-refractivity contribution >= 4 is 0 Å². The lowest BCUT2D eigenvalue weighted by atomic mass is 9.97. The number of hydrogen-bond acceptors (Lipinski definition) is 1. The fraction of sp³-hybridized carbons (Fsp3) is 0.364. The second-order valence-electron chi connectivity index (χ2n) is 3.16. The molecule has 1 rings (SSSR count). The van der Waals surface area contributed by atoms with Gasteiger partial charge in [0.25, 0.3) is 0 Å². The van der Waals surface area contributed by atoms with Crippen LogP contribution in [0.1, 0.15) is 37.3 Å². The molecule has 0 aliphatic heterocycles. The highest BCUT2D eigenvalue weighted by Crippen LogP contribution is 2.22. The smallest absolute Gasteiger partial charge is 0.127 e. The van der Waals surface area contributed by atoms with Gasteiger partial charge < -0.3 is 0 Å². The second-order valence-corrected chi connectivity index (χ2v) is 3.16. The lowest BCUT2D eigenvalue weighted by molar-refractivity contribution is 0.583. The second kappa shape index (κ2) is 4.04. The molecule has 0 radical (unpaired) electrons. The van der Waals surface area contributed by atoms with Gasteiger partial charge in [-0.1, -0.05) is 19.9 Å². The van der Waals surface area contributed by atoms with Crippen molar-refractivity contribution in [1.82, 2.24) is 0 Å². The van der Waals surface area contributed by atoms with E-state index in [1.165, 1.54) is 6.07 Å². The summed E-state index contributed by atoms with van der Waals surface area (Å²) >= 11 is 0. The zero-order valence-corrected chi connectivity index (χ0v) is 7.84. The quantitative estimate of drug-likeness (QED) is 0.680. The van der Waals surface area contributed by atoms with Crippen LogP contribution < -0.4 is 0 Å². The normalized spacial score (nSPS) is 12.2. The van der Waals surface area contributed by atoms with Gasteiger partial charge in [0.1, 0.15) is 5.82 Å². The van der Waals surface area contributed by atoms with Crippen LogP contribution in [-0.4, -0.2) is 0 Å². The predicted octanol–water partition coefficient (Wildman–Crippen LogP) is 3.21. The van der Waals surface area contributed by atoms with Crippen LogP contribution in [0.2, 0.25) is 0 Å². The summed E-state index contributed by atoms with van der Waals surface area (Å²) in [6, 6.07) is 6.56. The highest BCUT2D eigenvalue weighted by atomic mass is 19.1. The average Bonchev–Trinajstić information content (AvgIpc) is 2.16. The Kier molecular flexibility index (Phi) is 3.02. The molecule has 0 amide bonds. The standard InChI is InChI=1S/C11H12FN/c1-3-8(2)10-5-4-9(7-13)6-11(10)12/h4-6,8H,3H2,1-2H3. The van der Waals surface area contributed by atoms with Gasteiger partial charge in [0, 0.05) is 0 Å². The molecule has 0 saturated carbocycles. The van der Waals surface area contributed by atoms with Gasteiger partial charge in [-0.2, -0.15) is 5.26 Å². The SMILES string of the molecule is CCC(C)c1ccc(C#N)cc1F. The Labute approximate surface area is 77.8 Å². The van der Waals surface area contributed by atoms with E-state index in [0.717, 1.165) is 6.42 Å². The zero-order chi connectivity index (χ0) is 9.84. The number of hydrogen-bond donors (Lipinski definition) is 0. The number of nitriles is 1. The van der Waals surface area contributed by atoms with Crippen molar-refractivity contribution in [2.24, 2.45) is 0 Å². The molecule has 0 N–H and O–H groups in total. The van der Waals surface area contributed by atoms with E-state index in [-0.39, 0.29) is 11.7 Å². The first-order valence-electron chi connectivity index (χ1n) is 4.38. The number of rotatable bonds is 2. The molecule has 0 aliphatic carbocycles. The maximum atomic E-state index is 13.3. The van der Waals surface area contributed by atoms with Crippen LogP contribution in [-0.2, 0) is 0 Å². The average molecular weight is 177 g/mol. The molecule has 0 bridgehead atoms. The van der Waals surface area contributed by atoms with Gasteiger partial charge >= 0.3 is 0 Å². The fourth-order valence-corrected chi connectivity index (χ4v) is 1.22. The summed E-state index contributed by atoms with van der Waals surface area (Å²) in [5.74, 6) is -0.0545. The van der Waals surface area contributed by atoms with E-state index in [2.05, 4.69) is 0 Å². The minimum Gasteiger partial charge on any atom is -0.207 e. The van der Waals surface area contributed by atoms with Gasteiger partial charge in [0.15, 0.2) is 0 Å². The van der Waals surface area contributed by atoms with Crippen molar-refractivity contribution in [1.29, 1.82) is 5.26 Å². The molecule has 0 aliphatic rings. The highest BCUT2D eigenvalue weighted by Gasteiger charge is 2.08. The summed E-state index contributed by atoms with van der Waals surface area (Å²) in [6.07, 6.45) is 0.906. The van der Waals surface area contributed by atoms with E-state index in [1.54, 1.807) is 12.1 Å². The number of nitrogens with zero attached hydrogens (tertiary/aromatic N) is 1. The molecular formula is C11H12FN. The Morgan fingerprint density at radius 2 is 2.23 bits per heavy atom. The summed E-state index contributed by atoms with van der Waals surface area (Å²) in [6.45, 7) is 3.99. The molecule has 2 heteroatoms. The first-order valence-corrected chi connectivity index (χ1v) is 4.38. The van der Waals surface area contributed by atoms with E-state index in [9.17, 15) is 4.39 Å². The Morgan fingerprint density at radius 3 is 2.69 bits per heavy atom. The number of halogens is 1. The molecule has 1 aromatic carbocycles. The highest BCUT2D eigenvalue weighted by molar-refractivity contribution is 5.34. The van der Waals surface area contributed by atoms with Gasteiger partial charge in [-0.25, -0.2) is 4.39 Å². The molecule has 1 nitrogen and oxygen atoms in total. The van der Waals surface area contributed by atoms with Crippen LogP contribution in [0.15, 0.2) is 18.2 Å². The van der Waals surface area contributed by atoms with Gasteiger partial charge in [0.05, 0.1) is 11.6 Å². The minimum absolute atomic E-state index is 0.216. The molecule has 0 saturated heterocycles. The van der Waals surface area contributed by atoms with Crippen LogP contribution in [0.3, 0.4) is 0 Å². The van der Waals surface area contributed by atoms with Crippen molar-refractivity contribution in [2.75, 3.05) is 0 Å². The van der Waals surface area contributed by atoms with Crippen LogP contribution >= 0.6 is 0 Å². The molecule has 1 atom stereocenters. The first-order chi connectivity index (χ1) is 6.19. The van der Waals surface area contributed by atoms with E-state index >= 15 is 0 Å². The van der Waals surface area contributed by atoms with Gasteiger partial charge in [-0.3, -0.25) is 0 Å². The predicted molar refractivity (Wildman–Crippen MR) is 49.8 cm³/mol. The summed E-state index contributed by atoms with van der Waals surface area (Å²) in [5, 5.41) is 8.53. The van der Waals surface area contributed by atoms with Crippen LogP contribution in [0.5, 0.6) is 0 Å². The van der Waals surface area contributed by atoms with E-state index in [1.807, 2.05) is 19.9 Å². The van der Waals surface area contributed by atoms with Crippen LogP contribution in [0.25, 0.3) is 0 Å². The Hall–Kier alpha value is -1.36. The van der Waals surface area contributed by atoms with E-state index in [4.69, 9.17) is 5.26 Å². The largest absolute Gasteiger partial charge is 0.207 e. The minimum atomic E-state index is -0.270. The van der Waals surface area contributed by atoms with Gasteiger partial charge in [0.2, 0.25) is 0 Å². The third-order valence-corrected chi connectivity index (χ3v) is 2.27. The molecule has 0 fully saturated rings. The van der Waals surface area contributed by atoms with Crippen molar-refractivity contribution in [3.05, 3.63) is 35.1 Å². The molecule has 1 aromatic rings. The monoisotopic (exact) mass is 177 g/mol. The Morgan fingerprint density at radius 1 is 1.54 bits per heavy atom. The molecule has 0 heterocycles. The summed E-state index contributed by atoms with van der Waals surface area (Å²) < 4.78 is 13.3. The first kappa shape index (κ1) is 9.73. The van der Waals surface area contributed by atoms with E-state index < -0.39 is 0 Å². The number of benzene rings is 1. The molecule has 1 unspecified atom stereocenters. The zero-order valence-electron chi connectivity index (χ0n) is 7.84. The van der Waals surface area contributed by atoms with Crippen molar-refractivity contribution in [3.8, 4) is 6.07 Å². The molecule has 68 valence electrons. The molecule has 0 aromatic heterocycles. The molecule has 13 heavy (non-hydrogen) atoms. The van der Waals surface area contributed by atoms with Crippen LogP contribution in [0, 0.1) is 17.1 Å². The summed E-state index contributed by atoms with van der Waals surface area (Å²) in [4.78, 5) is 0. The van der Waals surface area contributed by atoms with Crippen molar-refractivity contribution < 1.29 is 4.39 Å². The van der Waals surface area contributed by atoms with Crippen molar-refractivity contribution in [3.63, 3.8) is 0 Å². The fourth-order valence-electron chi connectivity index (χ4n) is 1.22. The van der Waals surface area contributed by atoms with Gasteiger partial charge in [-0.05, 0) is 30.0 Å². The Bertz CT molecular complexity index is 338. The summed E-state index contributed by atoms with van der Waals surface area (Å²) in [7, 11) is 0. The summed E-state index contributed by atoms with van der Waals surface area (Å²) in [5.41, 5.74) is 1.08. The maximum Gasteiger partial charge on any atom is 0.127 e. The molecule has 0 spiro atoms. The maximum absolute atomic E-state index is 13.3. The lowest BCUT2D eigenvalue weighted by Crippen LogP contribution is -1.96.